The average molecular weight is 612 g/mol. The highest BCUT2D eigenvalue weighted by Gasteiger charge is 2.65. The largest absolute Gasteiger partial charge is 0.466 e. The highest BCUT2D eigenvalue weighted by molar-refractivity contribution is 5.89. The highest BCUT2D eigenvalue weighted by Crippen LogP contribution is 2.69. The molecule has 1 saturated heterocycles. The van der Waals surface area contributed by atoms with E-state index in [1.807, 2.05) is 30.3 Å². The molecule has 0 radical (unpaired) electrons. The lowest BCUT2D eigenvalue weighted by atomic mass is 9.43. The summed E-state index contributed by atoms with van der Waals surface area (Å²) in [7, 11) is 0. The molecule has 244 valence electrons. The molecule has 4 aliphatic carbocycles. The summed E-state index contributed by atoms with van der Waals surface area (Å²) in [4.78, 5) is 26.1. The summed E-state index contributed by atoms with van der Waals surface area (Å²) < 4.78 is 50.0. The molecule has 6 nitrogen and oxygen atoms in total. The van der Waals surface area contributed by atoms with Crippen LogP contribution in [0.15, 0.2) is 30.3 Å². The first-order valence-corrected chi connectivity index (χ1v) is 17.4. The van der Waals surface area contributed by atoms with Crippen LogP contribution in [0.4, 0.5) is 0 Å². The summed E-state index contributed by atoms with van der Waals surface area (Å²) in [5.41, 5.74) is 0.774. The van der Waals surface area contributed by atoms with E-state index in [2.05, 4.69) is 20.8 Å². The second kappa shape index (κ2) is 12.7. The molecule has 0 amide bonds. The van der Waals surface area contributed by atoms with Crippen molar-refractivity contribution in [1.82, 2.24) is 0 Å². The average Bonchev–Trinajstić information content (AvgIpc) is 3.65. The highest BCUT2D eigenvalue weighted by atomic mass is 16.7. The summed E-state index contributed by atoms with van der Waals surface area (Å²) in [5, 5.41) is 0. The summed E-state index contributed by atoms with van der Waals surface area (Å²) in [6.45, 7) is 11.6. The van der Waals surface area contributed by atoms with Crippen LogP contribution in [0.1, 0.15) is 120 Å². The van der Waals surface area contributed by atoms with Gasteiger partial charge in [-0.05, 0) is 104 Å². The quantitative estimate of drug-likeness (QED) is 0.262. The van der Waals surface area contributed by atoms with E-state index in [0.717, 1.165) is 51.4 Å². The summed E-state index contributed by atoms with van der Waals surface area (Å²) >= 11 is 0. The second-order valence-electron chi connectivity index (χ2n) is 15.1. The van der Waals surface area contributed by atoms with Gasteiger partial charge in [-0.2, -0.15) is 0 Å². The van der Waals surface area contributed by atoms with Gasteiger partial charge in [-0.3, -0.25) is 4.79 Å². The van der Waals surface area contributed by atoms with Crippen LogP contribution in [0.25, 0.3) is 0 Å². The predicted molar refractivity (Wildman–Crippen MR) is 170 cm³/mol. The molecule has 5 fully saturated rings. The van der Waals surface area contributed by atoms with Crippen molar-refractivity contribution in [3.05, 3.63) is 35.9 Å². The molecule has 1 heterocycles. The molecule has 0 bridgehead atoms. The molecule has 1 spiro atoms. The van der Waals surface area contributed by atoms with Gasteiger partial charge < -0.3 is 18.9 Å². The van der Waals surface area contributed by atoms with Crippen LogP contribution in [0.2, 0.25) is 0 Å². The Morgan fingerprint density at radius 2 is 1.75 bits per heavy atom. The van der Waals surface area contributed by atoms with Gasteiger partial charge in [-0.25, -0.2) is 4.79 Å². The number of rotatable bonds is 9. The molecule has 6 rings (SSSR count). The Kier molecular flexibility index (Phi) is 8.17. The lowest BCUT2D eigenvalue weighted by Crippen LogP contribution is -2.60. The number of carbonyl (C=O) groups excluding carboxylic acids is 2. The lowest BCUT2D eigenvalue weighted by molar-refractivity contribution is -0.242. The van der Waals surface area contributed by atoms with Crippen molar-refractivity contribution in [2.45, 2.75) is 117 Å². The summed E-state index contributed by atoms with van der Waals surface area (Å²) in [6.07, 6.45) is 6.58. The number of hydrogen-bond acceptors (Lipinski definition) is 6. The Morgan fingerprint density at radius 1 is 1.02 bits per heavy atom. The zero-order valence-electron chi connectivity index (χ0n) is 30.6. The molecule has 0 N–H and O–H groups in total. The molecule has 44 heavy (non-hydrogen) atoms. The molecule has 1 aromatic rings. The third-order valence-electron chi connectivity index (χ3n) is 13.1. The van der Waals surface area contributed by atoms with E-state index in [1.165, 1.54) is 6.92 Å². The van der Waals surface area contributed by atoms with E-state index in [-0.39, 0.29) is 47.8 Å². The van der Waals surface area contributed by atoms with Gasteiger partial charge in [-0.15, -0.1) is 0 Å². The van der Waals surface area contributed by atoms with E-state index >= 15 is 0 Å². The Hall–Kier alpha value is -1.92. The smallest absolute Gasteiger partial charge is 0.338 e. The van der Waals surface area contributed by atoms with Crippen LogP contribution in [0.3, 0.4) is 0 Å². The second-order valence-corrected chi connectivity index (χ2v) is 15.1. The summed E-state index contributed by atoms with van der Waals surface area (Å²) in [5.74, 6) is -1.38. The van der Waals surface area contributed by atoms with Crippen molar-refractivity contribution < 1.29 is 32.6 Å². The first-order chi connectivity index (χ1) is 22.2. The van der Waals surface area contributed by atoms with E-state index in [0.29, 0.717) is 48.9 Å². The normalized spacial score (nSPS) is 40.7. The van der Waals surface area contributed by atoms with Crippen LogP contribution >= 0.6 is 0 Å². The molecule has 10 atom stereocenters. The fourth-order valence-electron chi connectivity index (χ4n) is 10.8. The van der Waals surface area contributed by atoms with Crippen LogP contribution in [0.5, 0.6) is 0 Å². The van der Waals surface area contributed by atoms with Gasteiger partial charge in [0, 0.05) is 22.9 Å². The maximum absolute atomic E-state index is 13.6. The number of carbonyl (C=O) groups is 2. The SMILES string of the molecule is [2H]C([2H])(CC[C@@H](C)[C@H]1CCC2C3C(CC[C@@]21C)[C@@]1(C)CCC2(C[C@@H]1C[C@H]3OC(=O)c1ccccc1)OCCO2)C([2H])(C)C(=O)OCC. The molecule has 1 aromatic carbocycles. The van der Waals surface area contributed by atoms with Gasteiger partial charge in [0.1, 0.15) is 6.10 Å². The standard InChI is InChI=1S/C38H56O6/c1-6-41-34(39)26(3)12-10-11-25(2)29-15-16-30-33-31(17-18-37(29,30)5)36(4)19-20-38(42-21-22-43-38)24-28(36)23-32(33)44-35(40)27-13-8-7-9-14-27/h7-9,13-14,25-26,28-33H,6,10-12,15-24H2,1-5H3/t25-,26?,28+,29-,30?,31?,32-,33?,36+,37-/m1/s1/i12D2,26D. The number of esters is 2. The molecule has 1 aliphatic heterocycles. The van der Waals surface area contributed by atoms with E-state index in [4.69, 9.17) is 23.1 Å². The van der Waals surface area contributed by atoms with Gasteiger partial charge in [-0.1, -0.05) is 58.7 Å². The van der Waals surface area contributed by atoms with Gasteiger partial charge in [0.25, 0.3) is 0 Å². The Labute approximate surface area is 269 Å². The molecule has 4 unspecified atom stereocenters. The number of benzene rings is 1. The van der Waals surface area contributed by atoms with Crippen molar-refractivity contribution in [1.29, 1.82) is 0 Å². The molecule has 4 saturated carbocycles. The van der Waals surface area contributed by atoms with E-state index in [9.17, 15) is 9.59 Å². The van der Waals surface area contributed by atoms with Gasteiger partial charge in [0.05, 0.1) is 31.3 Å². The Bertz CT molecular complexity index is 1300. The maximum atomic E-state index is 13.6. The third kappa shape index (κ3) is 5.76. The van der Waals surface area contributed by atoms with Crippen LogP contribution in [-0.4, -0.2) is 43.7 Å². The lowest BCUT2D eigenvalue weighted by Gasteiger charge is -2.63. The number of hydrogen-bond donors (Lipinski definition) is 0. The minimum atomic E-state index is -2.00. The van der Waals surface area contributed by atoms with Crippen molar-refractivity contribution in [2.24, 2.45) is 52.2 Å². The van der Waals surface area contributed by atoms with Gasteiger partial charge >= 0.3 is 11.9 Å². The van der Waals surface area contributed by atoms with Crippen LogP contribution < -0.4 is 0 Å². The monoisotopic (exact) mass is 611 g/mol. The topological polar surface area (TPSA) is 71.1 Å². The first-order valence-electron chi connectivity index (χ1n) is 18.9. The molecule has 6 heteroatoms. The van der Waals surface area contributed by atoms with E-state index < -0.39 is 24.0 Å². The third-order valence-corrected chi connectivity index (χ3v) is 13.1. The fourth-order valence-corrected chi connectivity index (χ4v) is 10.8. The molecule has 5 aliphatic rings. The number of fused-ring (bicyclic) bond motifs is 5. The predicted octanol–water partition coefficient (Wildman–Crippen LogP) is 8.23. The zero-order chi connectivity index (χ0) is 33.8. The van der Waals surface area contributed by atoms with Gasteiger partial charge in [0.15, 0.2) is 5.79 Å². The van der Waals surface area contributed by atoms with Crippen LogP contribution in [0, 0.1) is 52.2 Å². The minimum Gasteiger partial charge on any atom is -0.466 e. The maximum Gasteiger partial charge on any atom is 0.338 e. The van der Waals surface area contributed by atoms with Crippen molar-refractivity contribution in [3.8, 4) is 0 Å². The molecule has 0 aromatic heterocycles. The minimum absolute atomic E-state index is 0.0485. The molecular formula is C38H56O6. The zero-order valence-corrected chi connectivity index (χ0v) is 27.6. The molecular weight excluding hydrogens is 552 g/mol. The van der Waals surface area contributed by atoms with Gasteiger partial charge in [0.2, 0.25) is 0 Å². The Balaban J connectivity index is 1.24. The Morgan fingerprint density at radius 3 is 2.48 bits per heavy atom. The summed E-state index contributed by atoms with van der Waals surface area (Å²) in [6, 6.07) is 9.36. The fraction of sp³-hybridized carbons (Fsp3) is 0.789. The van der Waals surface area contributed by atoms with Crippen molar-refractivity contribution in [2.75, 3.05) is 19.8 Å². The van der Waals surface area contributed by atoms with Crippen molar-refractivity contribution in [3.63, 3.8) is 0 Å². The van der Waals surface area contributed by atoms with E-state index in [1.54, 1.807) is 6.92 Å². The first kappa shape index (κ1) is 28.3. The van der Waals surface area contributed by atoms with Crippen LogP contribution in [-0.2, 0) is 23.7 Å². The van der Waals surface area contributed by atoms with Crippen molar-refractivity contribution >= 4 is 11.9 Å². The number of ether oxygens (including phenoxy) is 4.